The SMILES string of the molecule is O=C(O)COc1ccc(SCC=C(c2ccc(I)cc2)c2ccc(I)cc2)cc1Br. The van der Waals surface area contributed by atoms with Gasteiger partial charge in [0.15, 0.2) is 6.61 Å². The maximum atomic E-state index is 10.7. The molecule has 0 amide bonds. The summed E-state index contributed by atoms with van der Waals surface area (Å²) in [5.41, 5.74) is 3.59. The van der Waals surface area contributed by atoms with Gasteiger partial charge in [-0.3, -0.25) is 0 Å². The molecule has 3 aromatic carbocycles. The topological polar surface area (TPSA) is 46.5 Å². The smallest absolute Gasteiger partial charge is 0.341 e. The molecule has 3 nitrogen and oxygen atoms in total. The summed E-state index contributed by atoms with van der Waals surface area (Å²) >= 11 is 9.80. The summed E-state index contributed by atoms with van der Waals surface area (Å²) in [6.45, 7) is -0.358. The van der Waals surface area contributed by atoms with Crippen molar-refractivity contribution in [3.05, 3.63) is 95.5 Å². The van der Waals surface area contributed by atoms with Gasteiger partial charge in [-0.2, -0.15) is 0 Å². The van der Waals surface area contributed by atoms with Gasteiger partial charge in [0, 0.05) is 17.8 Å². The van der Waals surface area contributed by atoms with Gasteiger partial charge in [0.25, 0.3) is 0 Å². The molecule has 0 heterocycles. The second-order valence-electron chi connectivity index (χ2n) is 6.22. The van der Waals surface area contributed by atoms with E-state index in [2.05, 4.69) is 116 Å². The molecule has 0 aliphatic heterocycles. The molecule has 0 spiro atoms. The van der Waals surface area contributed by atoms with Crippen LogP contribution < -0.4 is 4.74 Å². The normalized spacial score (nSPS) is 10.5. The highest BCUT2D eigenvalue weighted by Gasteiger charge is 2.08. The number of carboxylic acids is 1. The molecule has 0 unspecified atom stereocenters. The zero-order valence-electron chi connectivity index (χ0n) is 15.6. The van der Waals surface area contributed by atoms with Crippen LogP contribution in [0.5, 0.6) is 5.75 Å². The van der Waals surface area contributed by atoms with Gasteiger partial charge >= 0.3 is 5.97 Å². The van der Waals surface area contributed by atoms with Crippen LogP contribution in [0.1, 0.15) is 11.1 Å². The van der Waals surface area contributed by atoms with Gasteiger partial charge in [-0.15, -0.1) is 11.8 Å². The monoisotopic (exact) mass is 706 g/mol. The second kappa shape index (κ2) is 11.5. The van der Waals surface area contributed by atoms with Crippen molar-refractivity contribution in [1.82, 2.24) is 0 Å². The Morgan fingerprint density at radius 1 is 0.967 bits per heavy atom. The van der Waals surface area contributed by atoms with E-state index in [4.69, 9.17) is 9.84 Å². The van der Waals surface area contributed by atoms with Crippen molar-refractivity contribution in [2.75, 3.05) is 12.4 Å². The number of ether oxygens (including phenoxy) is 1. The Labute approximate surface area is 215 Å². The van der Waals surface area contributed by atoms with Gasteiger partial charge in [-0.25, -0.2) is 4.79 Å². The van der Waals surface area contributed by atoms with Crippen LogP contribution in [0.15, 0.2) is 82.2 Å². The summed E-state index contributed by atoms with van der Waals surface area (Å²) in [5, 5.41) is 8.75. The van der Waals surface area contributed by atoms with E-state index in [0.29, 0.717) is 5.75 Å². The van der Waals surface area contributed by atoms with Gasteiger partial charge in [0.1, 0.15) is 5.75 Å². The number of carbonyl (C=O) groups is 1. The van der Waals surface area contributed by atoms with Gasteiger partial charge in [-0.05, 0) is 120 Å². The third-order valence-electron chi connectivity index (χ3n) is 4.10. The second-order valence-corrected chi connectivity index (χ2v) is 10.7. The van der Waals surface area contributed by atoms with Crippen molar-refractivity contribution < 1.29 is 14.6 Å². The van der Waals surface area contributed by atoms with E-state index in [1.807, 2.05) is 12.1 Å². The molecule has 154 valence electrons. The van der Waals surface area contributed by atoms with Gasteiger partial charge in [-0.1, -0.05) is 30.3 Å². The Balaban J connectivity index is 1.77. The van der Waals surface area contributed by atoms with Crippen molar-refractivity contribution in [1.29, 1.82) is 0 Å². The molecule has 0 aromatic heterocycles. The van der Waals surface area contributed by atoms with E-state index in [-0.39, 0.29) is 6.61 Å². The average molecular weight is 707 g/mol. The Morgan fingerprint density at radius 2 is 1.53 bits per heavy atom. The quantitative estimate of drug-likeness (QED) is 0.197. The van der Waals surface area contributed by atoms with Crippen LogP contribution in [0, 0.1) is 7.14 Å². The largest absolute Gasteiger partial charge is 0.481 e. The number of halogens is 3. The number of aliphatic carboxylic acids is 1. The van der Waals surface area contributed by atoms with Crippen molar-refractivity contribution in [2.45, 2.75) is 4.90 Å². The van der Waals surface area contributed by atoms with Crippen LogP contribution in [-0.2, 0) is 4.79 Å². The van der Waals surface area contributed by atoms with E-state index >= 15 is 0 Å². The predicted molar refractivity (Wildman–Crippen MR) is 143 cm³/mol. The third kappa shape index (κ3) is 7.00. The van der Waals surface area contributed by atoms with E-state index in [9.17, 15) is 4.79 Å². The molecule has 0 fully saturated rings. The first-order chi connectivity index (χ1) is 14.4. The highest BCUT2D eigenvalue weighted by Crippen LogP contribution is 2.32. The van der Waals surface area contributed by atoms with Gasteiger partial charge < -0.3 is 9.84 Å². The summed E-state index contributed by atoms with van der Waals surface area (Å²) in [7, 11) is 0. The molecule has 0 aliphatic carbocycles. The number of thioether (sulfide) groups is 1. The Hall–Kier alpha value is -1.04. The standard InChI is InChI=1S/C23H17BrI2O3S/c24-21-13-19(9-10-22(21)29-14-23(27)28)30-12-11-20(15-1-5-17(25)6-2-15)16-3-7-18(26)8-4-16/h1-11,13H,12,14H2,(H,27,28). The predicted octanol–water partition coefficient (Wildman–Crippen LogP) is 7.35. The van der Waals surface area contributed by atoms with Crippen molar-refractivity contribution in [3.63, 3.8) is 0 Å². The first-order valence-electron chi connectivity index (χ1n) is 8.91. The number of carboxylic acid groups (broad SMARTS) is 1. The minimum absolute atomic E-state index is 0.358. The van der Waals surface area contributed by atoms with Crippen LogP contribution >= 0.6 is 72.9 Å². The molecule has 0 bridgehead atoms. The number of rotatable bonds is 8. The van der Waals surface area contributed by atoms with Crippen LogP contribution in [0.4, 0.5) is 0 Å². The molecule has 3 rings (SSSR count). The van der Waals surface area contributed by atoms with Crippen LogP contribution in [0.3, 0.4) is 0 Å². The molecule has 3 aromatic rings. The number of hydrogen-bond acceptors (Lipinski definition) is 3. The molecule has 1 N–H and O–H groups in total. The fraction of sp³-hybridized carbons (Fsp3) is 0.0870. The Morgan fingerprint density at radius 3 is 2.03 bits per heavy atom. The molecule has 0 atom stereocenters. The minimum Gasteiger partial charge on any atom is -0.481 e. The molecule has 0 aliphatic rings. The highest BCUT2D eigenvalue weighted by atomic mass is 127. The first-order valence-corrected chi connectivity index (χ1v) is 12.8. The zero-order valence-corrected chi connectivity index (χ0v) is 22.4. The van der Waals surface area contributed by atoms with E-state index in [1.54, 1.807) is 17.8 Å². The van der Waals surface area contributed by atoms with Crippen LogP contribution in [-0.4, -0.2) is 23.4 Å². The molecule has 0 saturated carbocycles. The van der Waals surface area contributed by atoms with E-state index in [0.717, 1.165) is 15.1 Å². The lowest BCUT2D eigenvalue weighted by Crippen LogP contribution is -2.09. The summed E-state index contributed by atoms with van der Waals surface area (Å²) in [5.74, 6) is 0.328. The summed E-state index contributed by atoms with van der Waals surface area (Å²) in [4.78, 5) is 11.7. The molecule has 0 saturated heterocycles. The summed E-state index contributed by atoms with van der Waals surface area (Å²) < 4.78 is 8.43. The fourth-order valence-electron chi connectivity index (χ4n) is 2.71. The maximum Gasteiger partial charge on any atom is 0.341 e. The fourth-order valence-corrected chi connectivity index (χ4v) is 4.88. The summed E-state index contributed by atoms with van der Waals surface area (Å²) in [6, 6.07) is 22.8. The average Bonchev–Trinajstić information content (AvgIpc) is 2.72. The molecule has 30 heavy (non-hydrogen) atoms. The van der Waals surface area contributed by atoms with Gasteiger partial charge in [0.05, 0.1) is 4.47 Å². The Kier molecular flexibility index (Phi) is 9.09. The van der Waals surface area contributed by atoms with Crippen LogP contribution in [0.25, 0.3) is 5.57 Å². The van der Waals surface area contributed by atoms with Gasteiger partial charge in [0.2, 0.25) is 0 Å². The van der Waals surface area contributed by atoms with Crippen molar-refractivity contribution >= 4 is 84.4 Å². The van der Waals surface area contributed by atoms with E-state index in [1.165, 1.54) is 23.8 Å². The lowest BCUT2D eigenvalue weighted by Gasteiger charge is -2.10. The summed E-state index contributed by atoms with van der Waals surface area (Å²) in [6.07, 6.45) is 2.25. The molecular formula is C23H17BrI2O3S. The molecular weight excluding hydrogens is 690 g/mol. The van der Waals surface area contributed by atoms with E-state index < -0.39 is 5.97 Å². The number of benzene rings is 3. The number of hydrogen-bond donors (Lipinski definition) is 1. The highest BCUT2D eigenvalue weighted by molar-refractivity contribution is 14.1. The zero-order chi connectivity index (χ0) is 21.5. The first kappa shape index (κ1) is 23.6. The van der Waals surface area contributed by atoms with Crippen molar-refractivity contribution in [2.24, 2.45) is 0 Å². The molecule has 7 heteroatoms. The van der Waals surface area contributed by atoms with Crippen LogP contribution in [0.2, 0.25) is 0 Å². The lowest BCUT2D eigenvalue weighted by atomic mass is 9.98. The Bertz CT molecular complexity index is 1000. The lowest BCUT2D eigenvalue weighted by molar-refractivity contribution is -0.139. The maximum absolute atomic E-state index is 10.7. The minimum atomic E-state index is -0.996. The van der Waals surface area contributed by atoms with Crippen molar-refractivity contribution in [3.8, 4) is 5.75 Å². The third-order valence-corrected chi connectivity index (χ3v) is 7.08. The molecule has 0 radical (unpaired) electrons.